The maximum atomic E-state index is 3.22. The van der Waals surface area contributed by atoms with Crippen molar-refractivity contribution in [3.8, 4) is 22.3 Å². The molecule has 7 rings (SSSR count). The lowest BCUT2D eigenvalue weighted by Gasteiger charge is -2.21. The van der Waals surface area contributed by atoms with E-state index >= 15 is 0 Å². The topological polar surface area (TPSA) is 0 Å². The molecular formula is C41H34. The molecule has 0 heteroatoms. The van der Waals surface area contributed by atoms with E-state index < -0.39 is 0 Å². The molecule has 0 nitrogen and oxygen atoms in total. The van der Waals surface area contributed by atoms with Gasteiger partial charge in [0.15, 0.2) is 0 Å². The summed E-state index contributed by atoms with van der Waals surface area (Å²) < 4.78 is 0. The number of hydrogen-bond acceptors (Lipinski definition) is 0. The second kappa shape index (κ2) is 11.1. The van der Waals surface area contributed by atoms with E-state index in [9.17, 15) is 0 Å². The zero-order chi connectivity index (χ0) is 27.6. The number of allylic oxidation sites excluding steroid dienone is 6. The molecule has 0 saturated carbocycles. The summed E-state index contributed by atoms with van der Waals surface area (Å²) in [7, 11) is 0. The van der Waals surface area contributed by atoms with Gasteiger partial charge in [0.1, 0.15) is 0 Å². The van der Waals surface area contributed by atoms with Gasteiger partial charge in [-0.1, -0.05) is 128 Å². The van der Waals surface area contributed by atoms with Crippen LogP contribution in [0.15, 0.2) is 109 Å². The second-order valence-electron chi connectivity index (χ2n) is 11.2. The van der Waals surface area contributed by atoms with Crippen molar-refractivity contribution in [3.63, 3.8) is 0 Å². The number of fused-ring (bicyclic) bond motifs is 3. The molecule has 1 atom stereocenters. The average Bonchev–Trinajstić information content (AvgIpc) is 3.04. The summed E-state index contributed by atoms with van der Waals surface area (Å²) in [6.45, 7) is 2.20. The Balaban J connectivity index is 1.54. The van der Waals surface area contributed by atoms with Gasteiger partial charge >= 0.3 is 0 Å². The number of rotatable bonds is 6. The molecule has 0 aromatic heterocycles. The summed E-state index contributed by atoms with van der Waals surface area (Å²) in [5.74, 6) is 0.412. The molecule has 2 aliphatic carbocycles. The van der Waals surface area contributed by atoms with Gasteiger partial charge in [-0.05, 0) is 110 Å². The van der Waals surface area contributed by atoms with E-state index in [0.29, 0.717) is 5.92 Å². The molecule has 0 bridgehead atoms. The Morgan fingerprint density at radius 3 is 2.39 bits per heavy atom. The standard InChI is InChI=1S/C41H34/c1-2-3-5-15-29-26-32(30-16-6-4-7-17-30)28-33(27-29)40-36-21-10-12-23-38(36)41(39-24-13-11-22-37(39)40)35-25-14-19-31-18-8-9-20-34(31)35/h3-7,10,12,14,16,18-28,30H,2,11,13,15,17H2,1H3. The monoisotopic (exact) mass is 526 g/mol. The van der Waals surface area contributed by atoms with Crippen molar-refractivity contribution < 1.29 is 0 Å². The highest BCUT2D eigenvalue weighted by Gasteiger charge is 2.19. The van der Waals surface area contributed by atoms with Crippen LogP contribution >= 0.6 is 0 Å². The van der Waals surface area contributed by atoms with Crippen LogP contribution in [-0.2, 0) is 6.42 Å². The number of hydrogen-bond donors (Lipinski definition) is 0. The van der Waals surface area contributed by atoms with E-state index in [4.69, 9.17) is 0 Å². The van der Waals surface area contributed by atoms with Gasteiger partial charge in [-0.2, -0.15) is 0 Å². The Hall–Kier alpha value is -4.60. The summed E-state index contributed by atoms with van der Waals surface area (Å²) >= 11 is 0. The normalized spacial score (nSPS) is 16.0. The van der Waals surface area contributed by atoms with Crippen LogP contribution in [-0.4, -0.2) is 0 Å². The zero-order valence-corrected chi connectivity index (χ0v) is 23.7. The van der Waals surface area contributed by atoms with Crippen LogP contribution in [0.1, 0.15) is 49.7 Å². The lowest BCUT2D eigenvalue weighted by atomic mass is 9.83. The molecule has 0 N–H and O–H groups in total. The van der Waals surface area contributed by atoms with Crippen molar-refractivity contribution in [2.24, 2.45) is 0 Å². The highest BCUT2D eigenvalue weighted by Crippen LogP contribution is 2.37. The van der Waals surface area contributed by atoms with Crippen LogP contribution in [0.5, 0.6) is 0 Å². The fourth-order valence-corrected chi connectivity index (χ4v) is 6.69. The lowest BCUT2D eigenvalue weighted by Crippen LogP contribution is -2.31. The summed E-state index contributed by atoms with van der Waals surface area (Å²) in [5.41, 5.74) is 8.10. The second-order valence-corrected chi connectivity index (χ2v) is 11.2. The van der Waals surface area contributed by atoms with Gasteiger partial charge < -0.3 is 0 Å². The van der Waals surface area contributed by atoms with Crippen LogP contribution in [0.25, 0.3) is 56.0 Å². The number of benzene rings is 4. The first-order valence-electron chi connectivity index (χ1n) is 15.0. The minimum Gasteiger partial charge on any atom is -0.0885 e. The first-order chi connectivity index (χ1) is 20.3. The van der Waals surface area contributed by atoms with Crippen molar-refractivity contribution in [1.29, 1.82) is 0 Å². The quantitative estimate of drug-likeness (QED) is 0.193. The van der Waals surface area contributed by atoms with Gasteiger partial charge in [0.25, 0.3) is 0 Å². The summed E-state index contributed by atoms with van der Waals surface area (Å²) in [6, 6.07) is 33.5. The van der Waals surface area contributed by atoms with E-state index in [0.717, 1.165) is 32.1 Å². The van der Waals surface area contributed by atoms with Crippen LogP contribution in [0, 0.1) is 12.1 Å². The third-order valence-electron chi connectivity index (χ3n) is 8.56. The van der Waals surface area contributed by atoms with Gasteiger partial charge in [0, 0.05) is 5.92 Å². The largest absolute Gasteiger partial charge is 0.0885 e. The van der Waals surface area contributed by atoms with Gasteiger partial charge in [-0.15, -0.1) is 0 Å². The average molecular weight is 527 g/mol. The van der Waals surface area contributed by atoms with Gasteiger partial charge in [-0.25, -0.2) is 0 Å². The maximum Gasteiger partial charge on any atom is 0.00560 e. The molecule has 0 fully saturated rings. The molecule has 0 aliphatic heterocycles. The summed E-state index contributed by atoms with van der Waals surface area (Å²) in [5, 5.41) is 7.81. The highest BCUT2D eigenvalue weighted by atomic mass is 14.2. The molecular weight excluding hydrogens is 492 g/mol. The highest BCUT2D eigenvalue weighted by molar-refractivity contribution is 6.10. The van der Waals surface area contributed by atoms with E-state index in [1.165, 1.54) is 65.4 Å². The van der Waals surface area contributed by atoms with Crippen LogP contribution in [0.2, 0.25) is 0 Å². The minimum atomic E-state index is 0.412. The molecule has 2 aliphatic rings. The van der Waals surface area contributed by atoms with Gasteiger partial charge in [0.05, 0.1) is 0 Å². The predicted octanol–water partition coefficient (Wildman–Crippen LogP) is 9.39. The first kappa shape index (κ1) is 25.4. The smallest absolute Gasteiger partial charge is 0.00560 e. The van der Waals surface area contributed by atoms with Crippen molar-refractivity contribution in [1.82, 2.24) is 0 Å². The molecule has 198 valence electrons. The van der Waals surface area contributed by atoms with Crippen molar-refractivity contribution in [3.05, 3.63) is 143 Å². The molecule has 5 aromatic rings. The van der Waals surface area contributed by atoms with Crippen LogP contribution < -0.4 is 10.4 Å². The van der Waals surface area contributed by atoms with E-state index in [1.54, 1.807) is 0 Å². The molecule has 41 heavy (non-hydrogen) atoms. The molecule has 1 unspecified atom stereocenters. The molecule has 0 spiro atoms. The lowest BCUT2D eigenvalue weighted by molar-refractivity contribution is 0.852. The van der Waals surface area contributed by atoms with E-state index in [2.05, 4.69) is 134 Å². The predicted molar refractivity (Wildman–Crippen MR) is 176 cm³/mol. The zero-order valence-electron chi connectivity index (χ0n) is 23.7. The van der Waals surface area contributed by atoms with E-state index in [1.807, 2.05) is 6.07 Å². The Kier molecular flexibility index (Phi) is 6.88. The van der Waals surface area contributed by atoms with E-state index in [-0.39, 0.29) is 0 Å². The van der Waals surface area contributed by atoms with Crippen molar-refractivity contribution in [2.75, 3.05) is 0 Å². The molecule has 0 radical (unpaired) electrons. The SMILES string of the molecule is CCC=CCc1cc(-c2c3c(c(-c4cccc5cc#ccc45)c4ccccc24)=CCCC=3)cc(C2C=CC=CC2)c1. The Morgan fingerprint density at radius 2 is 1.59 bits per heavy atom. The first-order valence-corrected chi connectivity index (χ1v) is 15.0. The Labute approximate surface area is 243 Å². The maximum absolute atomic E-state index is 3.22. The third kappa shape index (κ3) is 4.73. The van der Waals surface area contributed by atoms with Gasteiger partial charge in [-0.3, -0.25) is 0 Å². The third-order valence-corrected chi connectivity index (χ3v) is 8.56. The molecule has 5 aromatic carbocycles. The van der Waals surface area contributed by atoms with Gasteiger partial charge in [0.2, 0.25) is 0 Å². The van der Waals surface area contributed by atoms with Crippen molar-refractivity contribution >= 4 is 33.7 Å². The van der Waals surface area contributed by atoms with Crippen molar-refractivity contribution in [2.45, 2.75) is 44.9 Å². The van der Waals surface area contributed by atoms with Crippen LogP contribution in [0.3, 0.4) is 0 Å². The fourth-order valence-electron chi connectivity index (χ4n) is 6.69. The fraction of sp³-hybridized carbons (Fsp3) is 0.171. The summed E-state index contributed by atoms with van der Waals surface area (Å²) in [6.07, 6.45) is 23.8. The molecule has 0 heterocycles. The molecule has 0 saturated heterocycles. The van der Waals surface area contributed by atoms with Crippen LogP contribution in [0.4, 0.5) is 0 Å². The summed E-state index contributed by atoms with van der Waals surface area (Å²) in [4.78, 5) is 0. The minimum absolute atomic E-state index is 0.412. The molecule has 0 amide bonds. The Morgan fingerprint density at radius 1 is 0.780 bits per heavy atom. The Bertz CT molecular complexity index is 1970.